The molecule has 0 saturated carbocycles. The van der Waals surface area contributed by atoms with Gasteiger partial charge in [-0.1, -0.05) is 29.5 Å². The fourth-order valence-corrected chi connectivity index (χ4v) is 2.77. The number of rotatable bonds is 3. The highest BCUT2D eigenvalue weighted by atomic mass is 35.5. The molecule has 0 atom stereocenters. The molecule has 0 unspecified atom stereocenters. The van der Waals surface area contributed by atoms with Gasteiger partial charge in [-0.25, -0.2) is 9.78 Å². The van der Waals surface area contributed by atoms with Crippen LogP contribution in [0.4, 0.5) is 0 Å². The van der Waals surface area contributed by atoms with Crippen LogP contribution in [0.15, 0.2) is 40.2 Å². The van der Waals surface area contributed by atoms with Gasteiger partial charge in [-0.3, -0.25) is 18.7 Å². The Morgan fingerprint density at radius 2 is 2.04 bits per heavy atom. The monoisotopic (exact) mass is 385 g/mol. The number of hydrogen-bond donors (Lipinski definition) is 1. The molecule has 1 aromatic carbocycles. The van der Waals surface area contributed by atoms with Crippen LogP contribution in [0.25, 0.3) is 11.2 Å². The lowest BCUT2D eigenvalue weighted by atomic mass is 10.2. The van der Waals surface area contributed by atoms with E-state index in [2.05, 4.69) is 22.1 Å². The van der Waals surface area contributed by atoms with Crippen molar-refractivity contribution in [2.75, 3.05) is 6.54 Å². The molecule has 2 heterocycles. The molecule has 0 spiro atoms. The molecule has 0 aliphatic rings. The zero-order valence-corrected chi connectivity index (χ0v) is 15.4. The normalized spacial score (nSPS) is 10.5. The minimum Gasteiger partial charge on any atom is -0.344 e. The molecule has 27 heavy (non-hydrogen) atoms. The highest BCUT2D eigenvalue weighted by Gasteiger charge is 2.15. The van der Waals surface area contributed by atoms with E-state index in [1.807, 2.05) is 6.07 Å². The Morgan fingerprint density at radius 3 is 2.78 bits per heavy atom. The molecular weight excluding hydrogens is 370 g/mol. The molecule has 0 bridgehead atoms. The quantitative estimate of drug-likeness (QED) is 0.654. The predicted molar refractivity (Wildman–Crippen MR) is 102 cm³/mol. The number of imidazole rings is 1. The van der Waals surface area contributed by atoms with Crippen LogP contribution < -0.4 is 16.6 Å². The summed E-state index contributed by atoms with van der Waals surface area (Å²) >= 11 is 5.89. The highest BCUT2D eigenvalue weighted by Crippen LogP contribution is 2.09. The number of benzene rings is 1. The van der Waals surface area contributed by atoms with Crippen LogP contribution >= 0.6 is 11.6 Å². The Balaban J connectivity index is 1.72. The number of amides is 1. The van der Waals surface area contributed by atoms with Gasteiger partial charge in [0.25, 0.3) is 5.56 Å². The smallest absolute Gasteiger partial charge is 0.332 e. The van der Waals surface area contributed by atoms with Gasteiger partial charge in [-0.2, -0.15) is 0 Å². The number of nitrogens with one attached hydrogen (secondary N) is 1. The van der Waals surface area contributed by atoms with Gasteiger partial charge in [0.05, 0.1) is 12.9 Å². The lowest BCUT2D eigenvalue weighted by Gasteiger charge is -2.06. The van der Waals surface area contributed by atoms with E-state index in [9.17, 15) is 14.4 Å². The lowest BCUT2D eigenvalue weighted by molar-refractivity contribution is -0.121. The maximum absolute atomic E-state index is 12.3. The van der Waals surface area contributed by atoms with E-state index in [1.54, 1.807) is 18.2 Å². The van der Waals surface area contributed by atoms with Crippen LogP contribution in [0.5, 0.6) is 0 Å². The predicted octanol–water partition coefficient (Wildman–Crippen LogP) is 0.255. The second-order valence-electron chi connectivity index (χ2n) is 5.84. The lowest BCUT2D eigenvalue weighted by Crippen LogP contribution is -2.38. The van der Waals surface area contributed by atoms with Gasteiger partial charge >= 0.3 is 5.69 Å². The first-order valence-corrected chi connectivity index (χ1v) is 8.38. The Kier molecular flexibility index (Phi) is 5.14. The summed E-state index contributed by atoms with van der Waals surface area (Å²) in [7, 11) is 2.90. The average molecular weight is 386 g/mol. The third kappa shape index (κ3) is 3.78. The number of carbonyl (C=O) groups excluding carboxylic acids is 1. The van der Waals surface area contributed by atoms with Gasteiger partial charge in [0, 0.05) is 24.7 Å². The van der Waals surface area contributed by atoms with E-state index < -0.39 is 11.2 Å². The molecular formula is C18H16ClN5O3. The summed E-state index contributed by atoms with van der Waals surface area (Å²) in [4.78, 5) is 40.5. The third-order valence-electron chi connectivity index (χ3n) is 3.96. The van der Waals surface area contributed by atoms with Crippen molar-refractivity contribution < 1.29 is 4.79 Å². The number of aryl methyl sites for hydroxylation is 1. The van der Waals surface area contributed by atoms with Crippen LogP contribution in [0, 0.1) is 11.8 Å². The molecule has 9 heteroatoms. The molecule has 0 fully saturated rings. The fraction of sp³-hybridized carbons (Fsp3) is 0.222. The molecule has 1 N–H and O–H groups in total. The van der Waals surface area contributed by atoms with Gasteiger partial charge in [-0.15, -0.1) is 0 Å². The zero-order valence-electron chi connectivity index (χ0n) is 14.7. The molecule has 8 nitrogen and oxygen atoms in total. The average Bonchev–Trinajstić information content (AvgIpc) is 3.05. The Morgan fingerprint density at radius 1 is 1.26 bits per heavy atom. The molecule has 3 aromatic rings. The van der Waals surface area contributed by atoms with Crippen molar-refractivity contribution >= 4 is 28.7 Å². The summed E-state index contributed by atoms with van der Waals surface area (Å²) in [5, 5.41) is 3.25. The van der Waals surface area contributed by atoms with E-state index in [0.29, 0.717) is 5.02 Å². The van der Waals surface area contributed by atoms with Gasteiger partial charge in [0.2, 0.25) is 5.91 Å². The van der Waals surface area contributed by atoms with Crippen molar-refractivity contribution in [3.63, 3.8) is 0 Å². The summed E-state index contributed by atoms with van der Waals surface area (Å²) in [6, 6.07) is 7.10. The van der Waals surface area contributed by atoms with Crippen LogP contribution in [0.3, 0.4) is 0 Å². The number of carbonyl (C=O) groups is 1. The van der Waals surface area contributed by atoms with Crippen LogP contribution in [-0.4, -0.2) is 31.1 Å². The molecule has 138 valence electrons. The molecule has 0 aliphatic carbocycles. The topological polar surface area (TPSA) is 90.9 Å². The first-order chi connectivity index (χ1) is 12.9. The molecule has 3 rings (SSSR count). The van der Waals surface area contributed by atoms with Gasteiger partial charge in [0.15, 0.2) is 11.2 Å². The number of nitrogens with zero attached hydrogens (tertiary/aromatic N) is 4. The van der Waals surface area contributed by atoms with Gasteiger partial charge in [-0.05, 0) is 18.2 Å². The number of aromatic nitrogens is 4. The highest BCUT2D eigenvalue weighted by molar-refractivity contribution is 6.30. The minimum atomic E-state index is -0.501. The van der Waals surface area contributed by atoms with Crippen molar-refractivity contribution in [3.05, 3.63) is 62.0 Å². The van der Waals surface area contributed by atoms with Crippen molar-refractivity contribution in [1.29, 1.82) is 0 Å². The summed E-state index contributed by atoms with van der Waals surface area (Å²) in [5.74, 6) is 5.41. The van der Waals surface area contributed by atoms with Crippen molar-refractivity contribution in [1.82, 2.24) is 24.0 Å². The Bertz CT molecular complexity index is 1210. The standard InChI is InChI=1S/C18H16ClN5O3/c1-22-16-15(17(26)23(2)18(22)27)24(11-21-16)10-14(25)20-8-4-6-12-5-3-7-13(19)9-12/h3,5,7,9,11H,8,10H2,1-2H3,(H,20,25). The molecule has 0 radical (unpaired) electrons. The van der Waals surface area contributed by atoms with Crippen LogP contribution in [0.2, 0.25) is 5.02 Å². The second-order valence-corrected chi connectivity index (χ2v) is 6.28. The third-order valence-corrected chi connectivity index (χ3v) is 4.20. The minimum absolute atomic E-state index is 0.108. The SMILES string of the molecule is Cn1c(=O)c2c(ncn2CC(=O)NCC#Cc2cccc(Cl)c2)n(C)c1=O. The fourth-order valence-electron chi connectivity index (χ4n) is 2.58. The summed E-state index contributed by atoms with van der Waals surface area (Å²) in [6.07, 6.45) is 1.36. The zero-order chi connectivity index (χ0) is 19.6. The summed E-state index contributed by atoms with van der Waals surface area (Å²) in [5.41, 5.74) is 0.204. The molecule has 2 aromatic heterocycles. The first-order valence-electron chi connectivity index (χ1n) is 8.00. The van der Waals surface area contributed by atoms with Gasteiger partial charge in [0.1, 0.15) is 6.54 Å². The van der Waals surface area contributed by atoms with E-state index in [-0.39, 0.29) is 30.2 Å². The Hall–Kier alpha value is -3.31. The number of hydrogen-bond acceptors (Lipinski definition) is 4. The Labute approximate surface area is 159 Å². The number of halogens is 1. The van der Waals surface area contributed by atoms with Gasteiger partial charge < -0.3 is 9.88 Å². The van der Waals surface area contributed by atoms with Crippen molar-refractivity contribution in [2.45, 2.75) is 6.54 Å². The first kappa shape index (κ1) is 18.5. The molecule has 0 saturated heterocycles. The second kappa shape index (κ2) is 7.51. The van der Waals surface area contributed by atoms with Crippen molar-refractivity contribution in [2.24, 2.45) is 14.1 Å². The largest absolute Gasteiger partial charge is 0.344 e. The van der Waals surface area contributed by atoms with E-state index >= 15 is 0 Å². The van der Waals surface area contributed by atoms with E-state index in [4.69, 9.17) is 11.6 Å². The summed E-state index contributed by atoms with van der Waals surface area (Å²) < 4.78 is 3.66. The van der Waals surface area contributed by atoms with E-state index in [1.165, 1.54) is 29.6 Å². The molecule has 1 amide bonds. The summed E-state index contributed by atoms with van der Waals surface area (Å²) in [6.45, 7) is 0.0389. The number of fused-ring (bicyclic) bond motifs is 1. The van der Waals surface area contributed by atoms with Crippen LogP contribution in [0.1, 0.15) is 5.56 Å². The maximum atomic E-state index is 12.3. The van der Waals surface area contributed by atoms with E-state index in [0.717, 1.165) is 10.1 Å². The van der Waals surface area contributed by atoms with Crippen molar-refractivity contribution in [3.8, 4) is 11.8 Å². The van der Waals surface area contributed by atoms with Crippen LogP contribution in [-0.2, 0) is 25.4 Å². The molecule has 0 aliphatic heterocycles. The maximum Gasteiger partial charge on any atom is 0.332 e.